The molecule has 1 N–H and O–H groups in total. The Labute approximate surface area is 132 Å². The van der Waals surface area contributed by atoms with Gasteiger partial charge in [-0.1, -0.05) is 25.5 Å². The van der Waals surface area contributed by atoms with E-state index in [1.54, 1.807) is 0 Å². The first-order chi connectivity index (χ1) is 10.3. The summed E-state index contributed by atoms with van der Waals surface area (Å²) < 4.78 is 4.76. The van der Waals surface area contributed by atoms with E-state index >= 15 is 0 Å². The monoisotopic (exact) mass is 308 g/mol. The van der Waals surface area contributed by atoms with E-state index in [2.05, 4.69) is 13.5 Å². The lowest BCUT2D eigenvalue weighted by Gasteiger charge is -2.57. The van der Waals surface area contributed by atoms with Crippen LogP contribution in [0.1, 0.15) is 58.8 Å². The van der Waals surface area contributed by atoms with Crippen molar-refractivity contribution in [2.75, 3.05) is 7.11 Å². The van der Waals surface area contributed by atoms with Gasteiger partial charge in [0.2, 0.25) is 0 Å². The van der Waals surface area contributed by atoms with Crippen LogP contribution < -0.4 is 0 Å². The van der Waals surface area contributed by atoms with Crippen LogP contribution in [-0.2, 0) is 14.3 Å². The largest absolute Gasteiger partial charge is 0.481 e. The van der Waals surface area contributed by atoms with Crippen molar-refractivity contribution in [3.8, 4) is 0 Å². The van der Waals surface area contributed by atoms with Crippen molar-refractivity contribution in [3.05, 3.63) is 12.2 Å². The second kappa shape index (κ2) is 6.05. The second-order valence-electron chi connectivity index (χ2n) is 7.50. The molecule has 0 amide bonds. The topological polar surface area (TPSA) is 63.6 Å². The summed E-state index contributed by atoms with van der Waals surface area (Å²) in [6, 6.07) is 0. The SMILES string of the molecule is C=C1CCC2[C@](C)(C(=O)O)CCC[C@]2(C)[C@H]1CCC(=O)OC. The molecule has 0 spiro atoms. The lowest BCUT2D eigenvalue weighted by atomic mass is 9.46. The number of carboxylic acids is 1. The van der Waals surface area contributed by atoms with Gasteiger partial charge in [0.05, 0.1) is 12.5 Å². The van der Waals surface area contributed by atoms with Crippen molar-refractivity contribution < 1.29 is 19.4 Å². The molecule has 2 fully saturated rings. The number of allylic oxidation sites excluding steroid dienone is 1. The zero-order valence-electron chi connectivity index (χ0n) is 14.0. The molecule has 4 atom stereocenters. The number of esters is 1. The fraction of sp³-hybridized carbons (Fsp3) is 0.778. The van der Waals surface area contributed by atoms with Gasteiger partial charge in [-0.3, -0.25) is 9.59 Å². The fourth-order valence-corrected chi connectivity index (χ4v) is 5.10. The zero-order chi connectivity index (χ0) is 16.5. The number of carbonyl (C=O) groups excluding carboxylic acids is 1. The highest BCUT2D eigenvalue weighted by Gasteiger charge is 2.57. The third-order valence-electron chi connectivity index (χ3n) is 6.37. The van der Waals surface area contributed by atoms with Crippen molar-refractivity contribution in [2.45, 2.75) is 58.8 Å². The van der Waals surface area contributed by atoms with Crippen LogP contribution in [0.3, 0.4) is 0 Å². The fourth-order valence-electron chi connectivity index (χ4n) is 5.10. The molecule has 4 heteroatoms. The van der Waals surface area contributed by atoms with E-state index in [0.29, 0.717) is 12.8 Å². The van der Waals surface area contributed by atoms with E-state index in [9.17, 15) is 14.7 Å². The first-order valence-corrected chi connectivity index (χ1v) is 8.23. The average Bonchev–Trinajstić information content (AvgIpc) is 2.45. The number of carbonyl (C=O) groups is 2. The number of hydrogen-bond donors (Lipinski definition) is 1. The van der Waals surface area contributed by atoms with Gasteiger partial charge in [0.1, 0.15) is 0 Å². The smallest absolute Gasteiger partial charge is 0.309 e. The molecule has 0 aromatic heterocycles. The van der Waals surface area contributed by atoms with Crippen LogP contribution in [0.5, 0.6) is 0 Å². The van der Waals surface area contributed by atoms with Gasteiger partial charge in [0.25, 0.3) is 0 Å². The van der Waals surface area contributed by atoms with E-state index in [-0.39, 0.29) is 23.2 Å². The van der Waals surface area contributed by atoms with Crippen LogP contribution >= 0.6 is 0 Å². The predicted molar refractivity (Wildman–Crippen MR) is 84.3 cm³/mol. The van der Waals surface area contributed by atoms with E-state index in [1.807, 2.05) is 6.92 Å². The molecule has 0 radical (unpaired) electrons. The molecule has 0 aliphatic heterocycles. The molecule has 0 aromatic rings. The summed E-state index contributed by atoms with van der Waals surface area (Å²) in [6.45, 7) is 8.35. The van der Waals surface area contributed by atoms with Crippen LogP contribution in [0.25, 0.3) is 0 Å². The lowest BCUT2D eigenvalue weighted by molar-refractivity contribution is -0.164. The Morgan fingerprint density at radius 1 is 1.36 bits per heavy atom. The van der Waals surface area contributed by atoms with Crippen molar-refractivity contribution >= 4 is 11.9 Å². The first-order valence-electron chi connectivity index (χ1n) is 8.23. The van der Waals surface area contributed by atoms with E-state index < -0.39 is 11.4 Å². The minimum Gasteiger partial charge on any atom is -0.481 e. The minimum atomic E-state index is -0.678. The van der Waals surface area contributed by atoms with Crippen LogP contribution in [-0.4, -0.2) is 24.2 Å². The van der Waals surface area contributed by atoms with Gasteiger partial charge >= 0.3 is 11.9 Å². The lowest BCUT2D eigenvalue weighted by Crippen LogP contribution is -2.53. The predicted octanol–water partition coefficient (Wildman–Crippen LogP) is 3.80. The molecule has 0 aromatic carbocycles. The Morgan fingerprint density at radius 2 is 2.05 bits per heavy atom. The molecule has 0 bridgehead atoms. The summed E-state index contributed by atoms with van der Waals surface area (Å²) >= 11 is 0. The number of hydrogen-bond acceptors (Lipinski definition) is 3. The normalized spacial score (nSPS) is 38.2. The molecule has 2 saturated carbocycles. The Hall–Kier alpha value is -1.32. The number of rotatable bonds is 4. The summed E-state index contributed by atoms with van der Waals surface area (Å²) in [5, 5.41) is 9.76. The molecule has 2 rings (SSSR count). The third-order valence-corrected chi connectivity index (χ3v) is 6.37. The van der Waals surface area contributed by atoms with Gasteiger partial charge in [0, 0.05) is 6.42 Å². The molecule has 4 nitrogen and oxygen atoms in total. The van der Waals surface area contributed by atoms with Gasteiger partial charge in [-0.05, 0) is 56.3 Å². The summed E-state index contributed by atoms with van der Waals surface area (Å²) in [5.41, 5.74) is 0.448. The van der Waals surface area contributed by atoms with E-state index in [1.165, 1.54) is 12.7 Å². The number of methoxy groups -OCH3 is 1. The number of fused-ring (bicyclic) bond motifs is 1. The van der Waals surface area contributed by atoms with Gasteiger partial charge in [0.15, 0.2) is 0 Å². The first kappa shape index (κ1) is 17.0. The van der Waals surface area contributed by atoms with Crippen LogP contribution in [0.4, 0.5) is 0 Å². The zero-order valence-corrected chi connectivity index (χ0v) is 14.0. The summed E-state index contributed by atoms with van der Waals surface area (Å²) in [5.74, 6) is -0.512. The van der Waals surface area contributed by atoms with E-state index in [0.717, 1.165) is 32.1 Å². The number of ether oxygens (including phenoxy) is 1. The van der Waals surface area contributed by atoms with Gasteiger partial charge < -0.3 is 9.84 Å². The molecule has 2 aliphatic rings. The maximum atomic E-state index is 11.9. The average molecular weight is 308 g/mol. The Bertz CT molecular complexity index is 483. The quantitative estimate of drug-likeness (QED) is 0.633. The molecule has 2 aliphatic carbocycles. The Morgan fingerprint density at radius 3 is 2.64 bits per heavy atom. The van der Waals surface area contributed by atoms with E-state index in [4.69, 9.17) is 4.74 Å². The highest BCUT2D eigenvalue weighted by molar-refractivity contribution is 5.75. The summed E-state index contributed by atoms with van der Waals surface area (Å²) in [6.07, 6.45) is 5.56. The molecule has 0 heterocycles. The molecular weight excluding hydrogens is 280 g/mol. The Kier molecular flexibility index (Phi) is 4.69. The highest BCUT2D eigenvalue weighted by atomic mass is 16.5. The van der Waals surface area contributed by atoms with Crippen molar-refractivity contribution in [1.29, 1.82) is 0 Å². The van der Waals surface area contributed by atoms with Gasteiger partial charge in [-0.15, -0.1) is 0 Å². The van der Waals surface area contributed by atoms with Crippen LogP contribution in [0.15, 0.2) is 12.2 Å². The van der Waals surface area contributed by atoms with Gasteiger partial charge in [-0.2, -0.15) is 0 Å². The third kappa shape index (κ3) is 2.68. The molecule has 0 saturated heterocycles. The summed E-state index contributed by atoms with van der Waals surface area (Å²) in [4.78, 5) is 23.4. The van der Waals surface area contributed by atoms with Crippen molar-refractivity contribution in [2.24, 2.45) is 22.7 Å². The molecular formula is C18H28O4. The van der Waals surface area contributed by atoms with Gasteiger partial charge in [-0.25, -0.2) is 0 Å². The van der Waals surface area contributed by atoms with Crippen molar-refractivity contribution in [1.82, 2.24) is 0 Å². The Balaban J connectivity index is 2.28. The molecule has 1 unspecified atom stereocenters. The second-order valence-corrected chi connectivity index (χ2v) is 7.50. The number of aliphatic carboxylic acids is 1. The molecule has 124 valence electrons. The molecule has 22 heavy (non-hydrogen) atoms. The minimum absolute atomic E-state index is 0.0747. The maximum absolute atomic E-state index is 11.9. The number of carboxylic acid groups (broad SMARTS) is 1. The maximum Gasteiger partial charge on any atom is 0.309 e. The van der Waals surface area contributed by atoms with Crippen molar-refractivity contribution in [3.63, 3.8) is 0 Å². The van der Waals surface area contributed by atoms with Crippen LogP contribution in [0.2, 0.25) is 0 Å². The van der Waals surface area contributed by atoms with Crippen LogP contribution in [0, 0.1) is 22.7 Å². The highest BCUT2D eigenvalue weighted by Crippen LogP contribution is 2.61. The standard InChI is InChI=1S/C18H28O4/c1-12-6-8-14-17(2,13(12)7-9-15(19)22-4)10-5-11-18(14,3)16(20)21/h13-14H,1,5-11H2,2-4H3,(H,20,21)/t13-,14?,17+,18+/m0/s1. The summed E-state index contributed by atoms with van der Waals surface area (Å²) in [7, 11) is 1.41.